The van der Waals surface area contributed by atoms with Crippen LogP contribution in [0.1, 0.15) is 18.4 Å². The number of aromatic nitrogens is 1. The second-order valence-corrected chi connectivity index (χ2v) is 6.51. The number of fused-ring (bicyclic) bond motifs is 1. The van der Waals surface area contributed by atoms with E-state index in [1.165, 1.54) is 54.4 Å². The number of nitrogens with one attached hydrogen (secondary N) is 1. The molecule has 2 heteroatoms. The summed E-state index contributed by atoms with van der Waals surface area (Å²) in [7, 11) is 0. The zero-order valence-corrected chi connectivity index (χ0v) is 13.3. The van der Waals surface area contributed by atoms with Gasteiger partial charge in [0.25, 0.3) is 0 Å². The lowest BCUT2D eigenvalue weighted by atomic mass is 9.90. The highest BCUT2D eigenvalue weighted by Gasteiger charge is 2.13. The molecule has 0 saturated carbocycles. The Morgan fingerprint density at radius 2 is 1.70 bits per heavy atom. The van der Waals surface area contributed by atoms with E-state index < -0.39 is 0 Å². The van der Waals surface area contributed by atoms with Crippen LogP contribution >= 0.6 is 0 Å². The molecular formula is C21H22N2. The Bertz CT molecular complexity index is 786. The van der Waals surface area contributed by atoms with E-state index in [0.717, 1.165) is 11.4 Å². The molecule has 0 amide bonds. The second-order valence-electron chi connectivity index (χ2n) is 6.51. The molecule has 1 aromatic heterocycles. The van der Waals surface area contributed by atoms with Crippen molar-refractivity contribution in [1.82, 2.24) is 10.3 Å². The van der Waals surface area contributed by atoms with E-state index in [9.17, 15) is 0 Å². The topological polar surface area (TPSA) is 24.9 Å². The number of rotatable bonds is 3. The van der Waals surface area contributed by atoms with Crippen molar-refractivity contribution in [3.63, 3.8) is 0 Å². The summed E-state index contributed by atoms with van der Waals surface area (Å²) in [5.74, 6) is 0.837. The van der Waals surface area contributed by atoms with Crippen LogP contribution in [-0.4, -0.2) is 18.1 Å². The quantitative estimate of drug-likeness (QED) is 0.773. The Labute approximate surface area is 137 Å². The first-order valence-electron chi connectivity index (χ1n) is 8.53. The summed E-state index contributed by atoms with van der Waals surface area (Å²) in [6.07, 6.45) is 5.79. The highest BCUT2D eigenvalue weighted by Crippen LogP contribution is 2.24. The van der Waals surface area contributed by atoms with E-state index in [0.29, 0.717) is 0 Å². The first-order valence-corrected chi connectivity index (χ1v) is 8.53. The molecule has 0 unspecified atom stereocenters. The molecule has 0 radical (unpaired) electrons. The predicted molar refractivity (Wildman–Crippen MR) is 96.5 cm³/mol. The third kappa shape index (κ3) is 3.27. The molecule has 0 bridgehead atoms. The van der Waals surface area contributed by atoms with Gasteiger partial charge in [0.15, 0.2) is 0 Å². The van der Waals surface area contributed by atoms with Crippen molar-refractivity contribution in [3.05, 3.63) is 66.4 Å². The maximum Gasteiger partial charge on any atom is 0.0702 e. The van der Waals surface area contributed by atoms with Gasteiger partial charge in [0, 0.05) is 17.1 Å². The van der Waals surface area contributed by atoms with Crippen molar-refractivity contribution in [2.24, 2.45) is 5.92 Å². The van der Waals surface area contributed by atoms with Gasteiger partial charge in [0.1, 0.15) is 0 Å². The fourth-order valence-corrected chi connectivity index (χ4v) is 3.48. The van der Waals surface area contributed by atoms with Crippen LogP contribution in [0, 0.1) is 5.92 Å². The fourth-order valence-electron chi connectivity index (χ4n) is 3.48. The van der Waals surface area contributed by atoms with Crippen molar-refractivity contribution in [2.75, 3.05) is 13.1 Å². The molecule has 1 aliphatic rings. The standard InChI is InChI=1S/C21H22N2/c1-2-4-21-19(3-1)14-20(15-23-21)18-7-5-16(6-8-18)13-17-9-11-22-12-10-17/h1-8,14-15,17,22H,9-13H2. The van der Waals surface area contributed by atoms with E-state index in [1.54, 1.807) is 0 Å². The molecule has 116 valence electrons. The normalized spacial score (nSPS) is 15.8. The van der Waals surface area contributed by atoms with Crippen molar-refractivity contribution >= 4 is 10.9 Å². The Kier molecular flexibility index (Phi) is 4.08. The number of benzene rings is 2. The van der Waals surface area contributed by atoms with Crippen LogP contribution in [0.15, 0.2) is 60.8 Å². The van der Waals surface area contributed by atoms with Crippen LogP contribution in [0.25, 0.3) is 22.0 Å². The molecule has 3 aromatic rings. The van der Waals surface area contributed by atoms with Crippen molar-refractivity contribution in [1.29, 1.82) is 0 Å². The minimum atomic E-state index is 0.837. The largest absolute Gasteiger partial charge is 0.317 e. The zero-order valence-electron chi connectivity index (χ0n) is 13.3. The molecule has 0 spiro atoms. The predicted octanol–water partition coefficient (Wildman–Crippen LogP) is 4.44. The van der Waals surface area contributed by atoms with E-state index >= 15 is 0 Å². The highest BCUT2D eigenvalue weighted by atomic mass is 14.9. The number of hydrogen-bond acceptors (Lipinski definition) is 2. The molecule has 1 fully saturated rings. The Balaban J connectivity index is 1.54. The second kappa shape index (κ2) is 6.51. The van der Waals surface area contributed by atoms with Crippen LogP contribution in [0.2, 0.25) is 0 Å². The monoisotopic (exact) mass is 302 g/mol. The van der Waals surface area contributed by atoms with Crippen LogP contribution in [0.4, 0.5) is 0 Å². The summed E-state index contributed by atoms with van der Waals surface area (Å²) >= 11 is 0. The van der Waals surface area contributed by atoms with Gasteiger partial charge in [-0.25, -0.2) is 0 Å². The Morgan fingerprint density at radius 3 is 2.52 bits per heavy atom. The van der Waals surface area contributed by atoms with Gasteiger partial charge in [-0.15, -0.1) is 0 Å². The highest BCUT2D eigenvalue weighted by molar-refractivity contribution is 5.83. The first-order chi connectivity index (χ1) is 11.4. The van der Waals surface area contributed by atoms with Crippen molar-refractivity contribution in [3.8, 4) is 11.1 Å². The summed E-state index contributed by atoms with van der Waals surface area (Å²) in [6, 6.07) is 19.5. The Morgan fingerprint density at radius 1 is 0.913 bits per heavy atom. The van der Waals surface area contributed by atoms with Crippen molar-refractivity contribution in [2.45, 2.75) is 19.3 Å². The minimum Gasteiger partial charge on any atom is -0.317 e. The SMILES string of the molecule is c1ccc2ncc(-c3ccc(CC4CCNCC4)cc3)cc2c1. The molecule has 0 atom stereocenters. The summed E-state index contributed by atoms with van der Waals surface area (Å²) in [6.45, 7) is 2.34. The van der Waals surface area contributed by atoms with Crippen LogP contribution in [0.3, 0.4) is 0 Å². The maximum absolute atomic E-state index is 4.57. The van der Waals surface area contributed by atoms with E-state index in [2.05, 4.69) is 58.8 Å². The zero-order chi connectivity index (χ0) is 15.5. The Hall–Kier alpha value is -2.19. The molecule has 1 saturated heterocycles. The average Bonchev–Trinajstić information content (AvgIpc) is 2.63. The summed E-state index contributed by atoms with van der Waals surface area (Å²) in [5.41, 5.74) is 4.95. The molecule has 0 aliphatic carbocycles. The summed E-state index contributed by atoms with van der Waals surface area (Å²) < 4.78 is 0. The van der Waals surface area contributed by atoms with Gasteiger partial charge >= 0.3 is 0 Å². The van der Waals surface area contributed by atoms with Crippen LogP contribution in [-0.2, 0) is 6.42 Å². The van der Waals surface area contributed by atoms with Gasteiger partial charge in [-0.3, -0.25) is 4.98 Å². The number of piperidine rings is 1. The molecule has 23 heavy (non-hydrogen) atoms. The maximum atomic E-state index is 4.57. The lowest BCUT2D eigenvalue weighted by molar-refractivity contribution is 0.372. The molecule has 1 aliphatic heterocycles. The van der Waals surface area contributed by atoms with Crippen LogP contribution < -0.4 is 5.32 Å². The van der Waals surface area contributed by atoms with Gasteiger partial charge in [-0.1, -0.05) is 42.5 Å². The van der Waals surface area contributed by atoms with E-state index in [1.807, 2.05) is 12.3 Å². The van der Waals surface area contributed by atoms with Gasteiger partial charge in [0.05, 0.1) is 5.52 Å². The van der Waals surface area contributed by atoms with E-state index in [4.69, 9.17) is 0 Å². The number of pyridine rings is 1. The van der Waals surface area contributed by atoms with Gasteiger partial charge in [-0.2, -0.15) is 0 Å². The molecule has 1 N–H and O–H groups in total. The van der Waals surface area contributed by atoms with Gasteiger partial charge in [-0.05, 0) is 61.5 Å². The third-order valence-corrected chi connectivity index (χ3v) is 4.86. The minimum absolute atomic E-state index is 0.837. The third-order valence-electron chi connectivity index (χ3n) is 4.86. The van der Waals surface area contributed by atoms with E-state index in [-0.39, 0.29) is 0 Å². The summed E-state index contributed by atoms with van der Waals surface area (Å²) in [4.78, 5) is 4.57. The lowest BCUT2D eigenvalue weighted by Gasteiger charge is -2.22. The fraction of sp³-hybridized carbons (Fsp3) is 0.286. The smallest absolute Gasteiger partial charge is 0.0702 e. The molecule has 4 rings (SSSR count). The average molecular weight is 302 g/mol. The number of hydrogen-bond donors (Lipinski definition) is 1. The lowest BCUT2D eigenvalue weighted by Crippen LogP contribution is -2.28. The molecule has 2 heterocycles. The summed E-state index contributed by atoms with van der Waals surface area (Å²) in [5, 5.41) is 4.64. The molecule has 2 nitrogen and oxygen atoms in total. The molecule has 2 aromatic carbocycles. The van der Waals surface area contributed by atoms with Crippen LogP contribution in [0.5, 0.6) is 0 Å². The number of nitrogens with zero attached hydrogens (tertiary/aromatic N) is 1. The van der Waals surface area contributed by atoms with Gasteiger partial charge < -0.3 is 5.32 Å². The molecular weight excluding hydrogens is 280 g/mol. The van der Waals surface area contributed by atoms with Crippen molar-refractivity contribution < 1.29 is 0 Å². The first kappa shape index (κ1) is 14.4. The van der Waals surface area contributed by atoms with Gasteiger partial charge in [0.2, 0.25) is 0 Å². The number of para-hydroxylation sites is 1.